The lowest BCUT2D eigenvalue weighted by Crippen LogP contribution is -2.41. The van der Waals surface area contributed by atoms with Crippen molar-refractivity contribution in [1.29, 1.82) is 0 Å². The maximum absolute atomic E-state index is 13.0. The van der Waals surface area contributed by atoms with Gasteiger partial charge in [0, 0.05) is 24.7 Å². The van der Waals surface area contributed by atoms with E-state index >= 15 is 0 Å². The van der Waals surface area contributed by atoms with Gasteiger partial charge in [0.05, 0.1) is 25.4 Å². The number of ketones is 2. The molecule has 4 atom stereocenters. The zero-order chi connectivity index (χ0) is 17.6. The van der Waals surface area contributed by atoms with Gasteiger partial charge in [-0.1, -0.05) is 50.3 Å². The number of carbonyl (C=O) groups excluding carboxylic acids is 2. The number of allylic oxidation sites excluding steroid dienone is 6. The minimum atomic E-state index is -0.477. The average Bonchev–Trinajstić information content (AvgIpc) is 3.47. The zero-order valence-electron chi connectivity index (χ0n) is 14.7. The van der Waals surface area contributed by atoms with Gasteiger partial charge in [-0.2, -0.15) is 0 Å². The van der Waals surface area contributed by atoms with E-state index in [1.807, 2.05) is 50.3 Å². The third-order valence-electron chi connectivity index (χ3n) is 5.70. The smallest absolute Gasteiger partial charge is 0.166 e. The number of epoxide rings is 2. The molecule has 4 rings (SSSR count). The molecule has 0 N–H and O–H groups in total. The second-order valence-corrected chi connectivity index (χ2v) is 7.98. The SMILES string of the molecule is CC(C)(C1C=CC=C(CC2CO2)C1=O)C1C=CC=C(CC2CO2)C1=O. The Morgan fingerprint density at radius 2 is 1.28 bits per heavy atom. The van der Waals surface area contributed by atoms with Crippen molar-refractivity contribution in [1.82, 2.24) is 0 Å². The Morgan fingerprint density at radius 1 is 0.880 bits per heavy atom. The summed E-state index contributed by atoms with van der Waals surface area (Å²) in [6.07, 6.45) is 13.3. The van der Waals surface area contributed by atoms with Gasteiger partial charge in [0.2, 0.25) is 0 Å². The molecule has 2 aliphatic heterocycles. The molecule has 25 heavy (non-hydrogen) atoms. The number of hydrogen-bond acceptors (Lipinski definition) is 4. The molecule has 0 amide bonds. The second kappa shape index (κ2) is 6.19. The number of Topliss-reactive ketones (excluding diaryl/α,β-unsaturated/α-hetero) is 2. The number of ether oxygens (including phenoxy) is 2. The Balaban J connectivity index is 1.52. The van der Waals surface area contributed by atoms with Gasteiger partial charge in [-0.15, -0.1) is 0 Å². The molecule has 0 bridgehead atoms. The van der Waals surface area contributed by atoms with Gasteiger partial charge in [0.15, 0.2) is 11.6 Å². The first-order valence-electron chi connectivity index (χ1n) is 9.03. The van der Waals surface area contributed by atoms with Crippen LogP contribution in [0.4, 0.5) is 0 Å². The summed E-state index contributed by atoms with van der Waals surface area (Å²) in [4.78, 5) is 26.0. The van der Waals surface area contributed by atoms with Crippen LogP contribution in [-0.4, -0.2) is 37.0 Å². The molecule has 0 spiro atoms. The molecule has 2 heterocycles. The van der Waals surface area contributed by atoms with Crippen molar-refractivity contribution in [3.8, 4) is 0 Å². The lowest BCUT2D eigenvalue weighted by Gasteiger charge is -2.39. The van der Waals surface area contributed by atoms with E-state index in [1.54, 1.807) is 0 Å². The van der Waals surface area contributed by atoms with Crippen molar-refractivity contribution in [2.45, 2.75) is 38.9 Å². The van der Waals surface area contributed by atoms with Crippen LogP contribution in [-0.2, 0) is 19.1 Å². The summed E-state index contributed by atoms with van der Waals surface area (Å²) in [7, 11) is 0. The maximum Gasteiger partial charge on any atom is 0.166 e. The molecule has 4 nitrogen and oxygen atoms in total. The summed E-state index contributed by atoms with van der Waals surface area (Å²) in [5.74, 6) is -0.320. The van der Waals surface area contributed by atoms with E-state index in [0.29, 0.717) is 12.8 Å². The highest BCUT2D eigenvalue weighted by Gasteiger charge is 2.45. The van der Waals surface area contributed by atoms with Gasteiger partial charge in [0.25, 0.3) is 0 Å². The highest BCUT2D eigenvalue weighted by molar-refractivity contribution is 6.03. The average molecular weight is 340 g/mol. The molecule has 0 aromatic carbocycles. The van der Waals surface area contributed by atoms with Crippen molar-refractivity contribution in [2.75, 3.05) is 13.2 Å². The van der Waals surface area contributed by atoms with Crippen LogP contribution in [0.5, 0.6) is 0 Å². The largest absolute Gasteiger partial charge is 0.373 e. The van der Waals surface area contributed by atoms with Crippen molar-refractivity contribution in [2.24, 2.45) is 17.3 Å². The molecule has 4 heteroatoms. The second-order valence-electron chi connectivity index (χ2n) is 7.98. The molecular weight excluding hydrogens is 316 g/mol. The fourth-order valence-corrected chi connectivity index (χ4v) is 3.87. The van der Waals surface area contributed by atoms with Crippen LogP contribution in [0.1, 0.15) is 26.7 Å². The fraction of sp³-hybridized carbons (Fsp3) is 0.524. The van der Waals surface area contributed by atoms with Gasteiger partial charge in [-0.05, 0) is 16.6 Å². The summed E-state index contributed by atoms with van der Waals surface area (Å²) in [5, 5.41) is 0. The van der Waals surface area contributed by atoms with Crippen molar-refractivity contribution in [3.05, 3.63) is 47.6 Å². The zero-order valence-corrected chi connectivity index (χ0v) is 14.7. The van der Waals surface area contributed by atoms with Crippen molar-refractivity contribution in [3.63, 3.8) is 0 Å². The molecule has 0 radical (unpaired) electrons. The highest BCUT2D eigenvalue weighted by atomic mass is 16.6. The molecular formula is C21H24O4. The van der Waals surface area contributed by atoms with Crippen LogP contribution in [0.25, 0.3) is 0 Å². The third-order valence-corrected chi connectivity index (χ3v) is 5.70. The standard InChI is InChI=1S/C21H24O4/c1-21(2,17-7-3-5-13(19(17)22)9-15-11-24-15)18-8-4-6-14(20(18)23)10-16-12-25-16/h3-8,15-18H,9-12H2,1-2H3. The van der Waals surface area contributed by atoms with Crippen LogP contribution in [0.2, 0.25) is 0 Å². The van der Waals surface area contributed by atoms with Gasteiger partial charge >= 0.3 is 0 Å². The topological polar surface area (TPSA) is 59.2 Å². The summed E-state index contributed by atoms with van der Waals surface area (Å²) >= 11 is 0. The van der Waals surface area contributed by atoms with E-state index in [2.05, 4.69) is 0 Å². The molecule has 0 saturated carbocycles. The Hall–Kier alpha value is -1.78. The Morgan fingerprint density at radius 3 is 1.64 bits per heavy atom. The minimum absolute atomic E-state index is 0.130. The molecule has 0 aromatic heterocycles. The van der Waals surface area contributed by atoms with E-state index < -0.39 is 5.41 Å². The third kappa shape index (κ3) is 3.33. The molecule has 2 aliphatic carbocycles. The monoisotopic (exact) mass is 340 g/mol. The van der Waals surface area contributed by atoms with Gasteiger partial charge in [-0.25, -0.2) is 0 Å². The Labute approximate surface area is 148 Å². The van der Waals surface area contributed by atoms with E-state index in [-0.39, 0.29) is 35.6 Å². The van der Waals surface area contributed by atoms with Crippen LogP contribution >= 0.6 is 0 Å². The number of hydrogen-bond donors (Lipinski definition) is 0. The lowest BCUT2D eigenvalue weighted by atomic mass is 9.62. The summed E-state index contributed by atoms with van der Waals surface area (Å²) in [6.45, 7) is 5.53. The predicted molar refractivity (Wildman–Crippen MR) is 93.9 cm³/mol. The maximum atomic E-state index is 13.0. The van der Waals surface area contributed by atoms with E-state index in [0.717, 1.165) is 24.4 Å². The summed E-state index contributed by atoms with van der Waals surface area (Å²) in [5.41, 5.74) is 1.16. The fourth-order valence-electron chi connectivity index (χ4n) is 3.87. The molecule has 2 fully saturated rings. The number of rotatable bonds is 6. The lowest BCUT2D eigenvalue weighted by molar-refractivity contribution is -0.126. The van der Waals surface area contributed by atoms with Crippen LogP contribution in [0, 0.1) is 17.3 Å². The Kier molecular flexibility index (Phi) is 4.13. The Bertz CT molecular complexity index is 654. The first-order valence-corrected chi connectivity index (χ1v) is 9.03. The minimum Gasteiger partial charge on any atom is -0.373 e. The highest BCUT2D eigenvalue weighted by Crippen LogP contribution is 2.44. The first-order chi connectivity index (χ1) is 12.0. The van der Waals surface area contributed by atoms with Crippen molar-refractivity contribution < 1.29 is 19.1 Å². The molecule has 0 aromatic rings. The van der Waals surface area contributed by atoms with Gasteiger partial charge in [-0.3, -0.25) is 9.59 Å². The number of carbonyl (C=O) groups is 2. The molecule has 4 aliphatic rings. The van der Waals surface area contributed by atoms with E-state index in [4.69, 9.17) is 9.47 Å². The van der Waals surface area contributed by atoms with Crippen LogP contribution in [0.3, 0.4) is 0 Å². The van der Waals surface area contributed by atoms with Crippen LogP contribution in [0.15, 0.2) is 47.6 Å². The summed E-state index contributed by atoms with van der Waals surface area (Å²) in [6, 6.07) is 0. The van der Waals surface area contributed by atoms with Gasteiger partial charge < -0.3 is 9.47 Å². The first kappa shape index (κ1) is 16.7. The molecule has 4 unspecified atom stereocenters. The van der Waals surface area contributed by atoms with Crippen LogP contribution < -0.4 is 0 Å². The van der Waals surface area contributed by atoms with Crippen molar-refractivity contribution >= 4 is 11.6 Å². The van der Waals surface area contributed by atoms with Gasteiger partial charge in [0.1, 0.15) is 0 Å². The predicted octanol–water partition coefficient (Wildman–Crippen LogP) is 2.95. The normalized spacial score (nSPS) is 34.0. The van der Waals surface area contributed by atoms with E-state index in [1.165, 1.54) is 0 Å². The molecule has 2 saturated heterocycles. The quantitative estimate of drug-likeness (QED) is 0.698. The molecule has 132 valence electrons. The summed E-state index contributed by atoms with van der Waals surface area (Å²) < 4.78 is 10.5. The van der Waals surface area contributed by atoms with E-state index in [9.17, 15) is 9.59 Å².